The summed E-state index contributed by atoms with van der Waals surface area (Å²) in [7, 11) is 0. The normalized spacial score (nSPS) is 11.7. The van der Waals surface area contributed by atoms with Crippen LogP contribution < -0.4 is 10.6 Å². The number of rotatable bonds is 6. The minimum Gasteiger partial charge on any atom is -0.472 e. The number of aromatic nitrogens is 4. The third-order valence-corrected chi connectivity index (χ3v) is 3.48. The minimum atomic E-state index is -0.700. The van der Waals surface area contributed by atoms with Crippen molar-refractivity contribution in [3.05, 3.63) is 60.7 Å². The predicted molar refractivity (Wildman–Crippen MR) is 86.6 cm³/mol. The molecule has 3 heterocycles. The van der Waals surface area contributed by atoms with Gasteiger partial charge in [0, 0.05) is 18.3 Å². The Morgan fingerprint density at radius 1 is 1.36 bits per heavy atom. The van der Waals surface area contributed by atoms with Crippen molar-refractivity contribution in [1.29, 1.82) is 0 Å². The Morgan fingerprint density at radius 2 is 2.24 bits per heavy atom. The van der Waals surface area contributed by atoms with Crippen molar-refractivity contribution in [1.82, 2.24) is 30.4 Å². The lowest BCUT2D eigenvalue weighted by molar-refractivity contribution is -0.122. The van der Waals surface area contributed by atoms with Gasteiger partial charge in [0.25, 0.3) is 5.91 Å². The van der Waals surface area contributed by atoms with Crippen molar-refractivity contribution in [3.8, 4) is 5.82 Å². The summed E-state index contributed by atoms with van der Waals surface area (Å²) >= 11 is 0. The maximum atomic E-state index is 12.2. The van der Waals surface area contributed by atoms with Crippen LogP contribution in [0.15, 0.2) is 54.0 Å². The van der Waals surface area contributed by atoms with E-state index in [1.807, 2.05) is 6.07 Å². The third-order valence-electron chi connectivity index (χ3n) is 3.48. The molecule has 0 fully saturated rings. The molecule has 0 aliphatic rings. The van der Waals surface area contributed by atoms with Gasteiger partial charge in [-0.2, -0.15) is 5.10 Å². The van der Waals surface area contributed by atoms with Crippen molar-refractivity contribution in [2.75, 3.05) is 0 Å². The molecular weight excluding hydrogens is 324 g/mol. The van der Waals surface area contributed by atoms with E-state index in [0.717, 1.165) is 5.56 Å². The van der Waals surface area contributed by atoms with E-state index in [2.05, 4.69) is 25.7 Å². The first-order chi connectivity index (χ1) is 12.1. The van der Waals surface area contributed by atoms with Gasteiger partial charge in [0.05, 0.1) is 11.8 Å². The van der Waals surface area contributed by atoms with Gasteiger partial charge in [-0.3, -0.25) is 9.59 Å². The Labute approximate surface area is 143 Å². The van der Waals surface area contributed by atoms with Crippen molar-refractivity contribution >= 4 is 11.8 Å². The van der Waals surface area contributed by atoms with Crippen LogP contribution in [0.5, 0.6) is 0 Å². The number of pyridine rings is 1. The smallest absolute Gasteiger partial charge is 0.255 e. The molecule has 0 unspecified atom stereocenters. The molecule has 0 spiro atoms. The summed E-state index contributed by atoms with van der Waals surface area (Å²) in [6.07, 6.45) is 7.29. The van der Waals surface area contributed by atoms with E-state index in [4.69, 9.17) is 4.42 Å². The fourth-order valence-electron chi connectivity index (χ4n) is 2.17. The number of nitrogens with zero attached hydrogens (tertiary/aromatic N) is 4. The second-order valence-corrected chi connectivity index (χ2v) is 5.25. The molecular formula is C16H16N6O3. The molecule has 128 valence electrons. The van der Waals surface area contributed by atoms with Gasteiger partial charge in [0.1, 0.15) is 25.0 Å². The molecule has 0 aliphatic carbocycles. The first-order valence-corrected chi connectivity index (χ1v) is 7.55. The molecule has 0 saturated carbocycles. The highest BCUT2D eigenvalue weighted by Gasteiger charge is 2.17. The molecule has 3 rings (SSSR count). The molecule has 3 aromatic rings. The van der Waals surface area contributed by atoms with Gasteiger partial charge in [-0.25, -0.2) is 14.6 Å². The van der Waals surface area contributed by atoms with Crippen molar-refractivity contribution < 1.29 is 14.0 Å². The molecule has 2 amide bonds. The highest BCUT2D eigenvalue weighted by Crippen LogP contribution is 2.09. The highest BCUT2D eigenvalue weighted by molar-refractivity contribution is 5.97. The van der Waals surface area contributed by atoms with Gasteiger partial charge in [-0.1, -0.05) is 6.07 Å². The third kappa shape index (κ3) is 3.89. The zero-order valence-corrected chi connectivity index (χ0v) is 13.4. The molecule has 0 aromatic carbocycles. The van der Waals surface area contributed by atoms with Crippen LogP contribution in [0.2, 0.25) is 0 Å². The Hall–Kier alpha value is -3.49. The summed E-state index contributed by atoms with van der Waals surface area (Å²) < 4.78 is 6.37. The van der Waals surface area contributed by atoms with Gasteiger partial charge in [-0.15, -0.1) is 0 Å². The molecule has 0 saturated heterocycles. The Kier molecular flexibility index (Phi) is 4.84. The number of carbonyl (C=O) groups is 2. The number of furan rings is 1. The van der Waals surface area contributed by atoms with Gasteiger partial charge in [0.2, 0.25) is 5.91 Å². The Bertz CT molecular complexity index is 845. The van der Waals surface area contributed by atoms with Crippen molar-refractivity contribution in [3.63, 3.8) is 0 Å². The van der Waals surface area contributed by atoms with Gasteiger partial charge in [0.15, 0.2) is 5.82 Å². The van der Waals surface area contributed by atoms with Crippen molar-refractivity contribution in [2.45, 2.75) is 19.5 Å². The van der Waals surface area contributed by atoms with Crippen LogP contribution in [-0.4, -0.2) is 37.6 Å². The summed E-state index contributed by atoms with van der Waals surface area (Å²) in [6, 6.07) is 4.43. The number of hydrogen-bond donors (Lipinski definition) is 2. The molecule has 3 aromatic heterocycles. The van der Waals surface area contributed by atoms with Crippen LogP contribution in [0.1, 0.15) is 22.8 Å². The first kappa shape index (κ1) is 16.4. The maximum Gasteiger partial charge on any atom is 0.255 e. The van der Waals surface area contributed by atoms with Gasteiger partial charge in [-0.05, 0) is 19.1 Å². The average molecular weight is 340 g/mol. The Balaban J connectivity index is 1.60. The summed E-state index contributed by atoms with van der Waals surface area (Å²) in [6.45, 7) is 1.85. The second kappa shape index (κ2) is 7.39. The van der Waals surface area contributed by atoms with Gasteiger partial charge >= 0.3 is 0 Å². The number of hydrogen-bond acceptors (Lipinski definition) is 6. The SMILES string of the molecule is C[C@@H](NC(=O)c1ccoc1)C(=O)NCc1cccnc1-n1cncn1. The van der Waals surface area contributed by atoms with E-state index in [9.17, 15) is 9.59 Å². The molecule has 2 N–H and O–H groups in total. The van der Waals surface area contributed by atoms with E-state index in [1.54, 1.807) is 19.2 Å². The summed E-state index contributed by atoms with van der Waals surface area (Å²) in [4.78, 5) is 32.3. The van der Waals surface area contributed by atoms with Crippen molar-refractivity contribution in [2.24, 2.45) is 0 Å². The van der Waals surface area contributed by atoms with Gasteiger partial charge < -0.3 is 15.1 Å². The van der Waals surface area contributed by atoms with Crippen LogP contribution in [0.25, 0.3) is 5.82 Å². The largest absolute Gasteiger partial charge is 0.472 e. The molecule has 0 radical (unpaired) electrons. The lowest BCUT2D eigenvalue weighted by Crippen LogP contribution is -2.44. The molecule has 1 atom stereocenters. The van der Waals surface area contributed by atoms with Crippen LogP contribution in [-0.2, 0) is 11.3 Å². The van der Waals surface area contributed by atoms with E-state index < -0.39 is 6.04 Å². The van der Waals surface area contributed by atoms with Crippen LogP contribution in [0.3, 0.4) is 0 Å². The fourth-order valence-corrected chi connectivity index (χ4v) is 2.17. The van der Waals surface area contributed by atoms with Crippen LogP contribution >= 0.6 is 0 Å². The second-order valence-electron chi connectivity index (χ2n) is 5.25. The molecule has 25 heavy (non-hydrogen) atoms. The quantitative estimate of drug-likeness (QED) is 0.682. The molecule has 0 aliphatic heterocycles. The number of carbonyl (C=O) groups excluding carboxylic acids is 2. The summed E-state index contributed by atoms with van der Waals surface area (Å²) in [5.41, 5.74) is 1.13. The summed E-state index contributed by atoms with van der Waals surface area (Å²) in [5.74, 6) is -0.110. The lowest BCUT2D eigenvalue weighted by atomic mass is 10.2. The zero-order valence-electron chi connectivity index (χ0n) is 13.4. The molecule has 0 bridgehead atoms. The molecule has 9 nitrogen and oxygen atoms in total. The predicted octanol–water partition coefficient (Wildman–Crippen LogP) is 0.690. The lowest BCUT2D eigenvalue weighted by Gasteiger charge is -2.14. The monoisotopic (exact) mass is 340 g/mol. The minimum absolute atomic E-state index is 0.244. The Morgan fingerprint density at radius 3 is 2.96 bits per heavy atom. The number of amides is 2. The fraction of sp³-hybridized carbons (Fsp3) is 0.188. The average Bonchev–Trinajstić information content (AvgIpc) is 3.33. The summed E-state index contributed by atoms with van der Waals surface area (Å²) in [5, 5.41) is 9.42. The van der Waals surface area contributed by atoms with E-state index in [0.29, 0.717) is 11.4 Å². The number of nitrogens with one attached hydrogen (secondary N) is 2. The standard InChI is InChI=1S/C16H16N6O3/c1-11(21-16(24)13-4-6-25-8-13)15(23)19-7-12-3-2-5-18-14(12)22-10-17-9-20-22/h2-6,8-11H,7H2,1H3,(H,19,23)(H,21,24)/t11-/m1/s1. The highest BCUT2D eigenvalue weighted by atomic mass is 16.3. The van der Waals surface area contributed by atoms with Crippen LogP contribution in [0.4, 0.5) is 0 Å². The first-order valence-electron chi connectivity index (χ1n) is 7.55. The van der Waals surface area contributed by atoms with Crippen LogP contribution in [0, 0.1) is 0 Å². The van der Waals surface area contributed by atoms with E-state index in [-0.39, 0.29) is 18.4 Å². The van der Waals surface area contributed by atoms with E-state index >= 15 is 0 Å². The van der Waals surface area contributed by atoms with E-state index in [1.165, 1.54) is 35.9 Å². The maximum absolute atomic E-state index is 12.2. The molecule has 9 heteroatoms. The topological polar surface area (TPSA) is 115 Å². The zero-order chi connectivity index (χ0) is 17.6.